The molecule has 1 atom stereocenters. The van der Waals surface area contributed by atoms with E-state index in [1.165, 1.54) is 12.1 Å². The summed E-state index contributed by atoms with van der Waals surface area (Å²) in [6, 6.07) is 4.50. The summed E-state index contributed by atoms with van der Waals surface area (Å²) in [6.07, 6.45) is 0.880. The molecule has 1 aromatic carbocycles. The molecule has 0 saturated carbocycles. The summed E-state index contributed by atoms with van der Waals surface area (Å²) in [5, 5.41) is 13.1. The van der Waals surface area contributed by atoms with Crippen LogP contribution in [0.1, 0.15) is 30.6 Å². The number of phenols is 1. The van der Waals surface area contributed by atoms with Gasteiger partial charge in [0.25, 0.3) is 5.91 Å². The first-order valence-electron chi connectivity index (χ1n) is 6.73. The van der Waals surface area contributed by atoms with E-state index in [9.17, 15) is 9.90 Å². The summed E-state index contributed by atoms with van der Waals surface area (Å²) >= 11 is 5.87. The van der Waals surface area contributed by atoms with Gasteiger partial charge in [0.2, 0.25) is 0 Å². The third kappa shape index (κ3) is 5.39. The standard InChI is InChI=1S/C15H23ClN2O2/c1-10(2)7-12(9-18(3)4)17-15(20)13-8-11(16)5-6-14(13)19/h5-6,8,10,12,19H,7,9H2,1-4H3,(H,17,20). The predicted molar refractivity (Wildman–Crippen MR) is 82.4 cm³/mol. The first-order chi connectivity index (χ1) is 9.29. The Bertz CT molecular complexity index is 451. The van der Waals surface area contributed by atoms with E-state index in [1.54, 1.807) is 6.07 Å². The van der Waals surface area contributed by atoms with Crippen molar-refractivity contribution in [2.45, 2.75) is 26.3 Å². The van der Waals surface area contributed by atoms with Gasteiger partial charge < -0.3 is 15.3 Å². The molecule has 0 saturated heterocycles. The number of rotatable bonds is 6. The van der Waals surface area contributed by atoms with Gasteiger partial charge in [-0.25, -0.2) is 0 Å². The molecule has 0 aliphatic rings. The second kappa shape index (κ2) is 7.50. The lowest BCUT2D eigenvalue weighted by Crippen LogP contribution is -2.42. The van der Waals surface area contributed by atoms with Crippen LogP contribution in [-0.2, 0) is 0 Å². The molecule has 1 unspecified atom stereocenters. The molecule has 0 radical (unpaired) electrons. The van der Waals surface area contributed by atoms with Gasteiger partial charge in [0, 0.05) is 17.6 Å². The van der Waals surface area contributed by atoms with E-state index in [1.807, 2.05) is 19.0 Å². The highest BCUT2D eigenvalue weighted by molar-refractivity contribution is 6.31. The van der Waals surface area contributed by atoms with E-state index in [-0.39, 0.29) is 23.3 Å². The maximum atomic E-state index is 12.2. The number of halogens is 1. The molecule has 0 aromatic heterocycles. The van der Waals surface area contributed by atoms with Crippen molar-refractivity contribution in [2.24, 2.45) is 5.92 Å². The Morgan fingerprint density at radius 1 is 1.40 bits per heavy atom. The second-order valence-corrected chi connectivity index (χ2v) is 6.16. The number of amides is 1. The van der Waals surface area contributed by atoms with Gasteiger partial charge >= 0.3 is 0 Å². The number of hydrogen-bond donors (Lipinski definition) is 2. The lowest BCUT2D eigenvalue weighted by molar-refractivity contribution is 0.0922. The number of hydrogen-bond acceptors (Lipinski definition) is 3. The zero-order chi connectivity index (χ0) is 15.3. The highest BCUT2D eigenvalue weighted by Gasteiger charge is 2.18. The topological polar surface area (TPSA) is 52.6 Å². The maximum absolute atomic E-state index is 12.2. The fourth-order valence-electron chi connectivity index (χ4n) is 2.14. The molecule has 2 N–H and O–H groups in total. The van der Waals surface area contributed by atoms with Crippen molar-refractivity contribution in [1.29, 1.82) is 0 Å². The van der Waals surface area contributed by atoms with E-state index >= 15 is 0 Å². The molecule has 1 amide bonds. The molecule has 112 valence electrons. The van der Waals surface area contributed by atoms with Gasteiger partial charge in [0.1, 0.15) is 5.75 Å². The zero-order valence-electron chi connectivity index (χ0n) is 12.5. The molecule has 20 heavy (non-hydrogen) atoms. The fourth-order valence-corrected chi connectivity index (χ4v) is 2.31. The molecule has 0 aliphatic heterocycles. The maximum Gasteiger partial charge on any atom is 0.255 e. The smallest absolute Gasteiger partial charge is 0.255 e. The summed E-state index contributed by atoms with van der Waals surface area (Å²) in [4.78, 5) is 14.3. The van der Waals surface area contributed by atoms with Gasteiger partial charge in [-0.3, -0.25) is 4.79 Å². The minimum Gasteiger partial charge on any atom is -0.507 e. The number of nitrogens with one attached hydrogen (secondary N) is 1. The Hall–Kier alpha value is -1.26. The van der Waals surface area contributed by atoms with Gasteiger partial charge in [-0.1, -0.05) is 25.4 Å². The molecular formula is C15H23ClN2O2. The van der Waals surface area contributed by atoms with Crippen LogP contribution in [0.2, 0.25) is 5.02 Å². The minimum atomic E-state index is -0.294. The number of likely N-dealkylation sites (N-methyl/N-ethyl adjacent to an activating group) is 1. The quantitative estimate of drug-likeness (QED) is 0.849. The summed E-state index contributed by atoms with van der Waals surface area (Å²) in [5.41, 5.74) is 0.213. The van der Waals surface area contributed by atoms with E-state index in [0.717, 1.165) is 13.0 Å². The fraction of sp³-hybridized carbons (Fsp3) is 0.533. The Morgan fingerprint density at radius 2 is 2.05 bits per heavy atom. The number of nitrogens with zero attached hydrogens (tertiary/aromatic N) is 1. The van der Waals surface area contributed by atoms with Crippen LogP contribution in [0.3, 0.4) is 0 Å². The van der Waals surface area contributed by atoms with Gasteiger partial charge in [-0.15, -0.1) is 0 Å². The van der Waals surface area contributed by atoms with Crippen LogP contribution in [0.15, 0.2) is 18.2 Å². The number of benzene rings is 1. The Kier molecular flexibility index (Phi) is 6.30. The van der Waals surface area contributed by atoms with Crippen LogP contribution in [0.25, 0.3) is 0 Å². The number of phenolic OH excluding ortho intramolecular Hbond substituents is 1. The van der Waals surface area contributed by atoms with E-state index in [0.29, 0.717) is 10.9 Å². The van der Waals surface area contributed by atoms with Crippen LogP contribution in [0, 0.1) is 5.92 Å². The first-order valence-corrected chi connectivity index (χ1v) is 7.11. The molecule has 0 heterocycles. The zero-order valence-corrected chi connectivity index (χ0v) is 13.2. The largest absolute Gasteiger partial charge is 0.507 e. The normalized spacial score (nSPS) is 12.8. The Labute approximate surface area is 125 Å². The lowest BCUT2D eigenvalue weighted by atomic mass is 10.0. The number of aromatic hydroxyl groups is 1. The summed E-state index contributed by atoms with van der Waals surface area (Å²) < 4.78 is 0. The van der Waals surface area contributed by atoms with Gasteiger partial charge in [-0.2, -0.15) is 0 Å². The third-order valence-electron chi connectivity index (χ3n) is 2.88. The molecule has 0 aliphatic carbocycles. The summed E-state index contributed by atoms with van der Waals surface area (Å²) in [7, 11) is 3.94. The van der Waals surface area contributed by atoms with Crippen LogP contribution in [-0.4, -0.2) is 42.6 Å². The molecule has 0 fully saturated rings. The van der Waals surface area contributed by atoms with Crippen LogP contribution >= 0.6 is 11.6 Å². The van der Waals surface area contributed by atoms with E-state index in [2.05, 4.69) is 19.2 Å². The van der Waals surface area contributed by atoms with Crippen molar-refractivity contribution in [2.75, 3.05) is 20.6 Å². The Balaban J connectivity index is 2.81. The van der Waals surface area contributed by atoms with Crippen molar-refractivity contribution in [3.63, 3.8) is 0 Å². The Morgan fingerprint density at radius 3 is 2.60 bits per heavy atom. The molecule has 1 aromatic rings. The lowest BCUT2D eigenvalue weighted by Gasteiger charge is -2.24. The third-order valence-corrected chi connectivity index (χ3v) is 3.11. The highest BCUT2D eigenvalue weighted by atomic mass is 35.5. The molecule has 4 nitrogen and oxygen atoms in total. The van der Waals surface area contributed by atoms with Crippen molar-refractivity contribution in [3.05, 3.63) is 28.8 Å². The van der Waals surface area contributed by atoms with E-state index in [4.69, 9.17) is 11.6 Å². The molecule has 0 spiro atoms. The van der Waals surface area contributed by atoms with Crippen molar-refractivity contribution < 1.29 is 9.90 Å². The van der Waals surface area contributed by atoms with Crippen molar-refractivity contribution in [3.8, 4) is 5.75 Å². The molecular weight excluding hydrogens is 276 g/mol. The highest BCUT2D eigenvalue weighted by Crippen LogP contribution is 2.21. The number of carbonyl (C=O) groups excluding carboxylic acids is 1. The predicted octanol–water partition coefficient (Wildman–Crippen LogP) is 2.75. The molecule has 5 heteroatoms. The second-order valence-electron chi connectivity index (χ2n) is 5.72. The van der Waals surface area contributed by atoms with Crippen molar-refractivity contribution >= 4 is 17.5 Å². The van der Waals surface area contributed by atoms with Crippen LogP contribution < -0.4 is 5.32 Å². The minimum absolute atomic E-state index is 0.0379. The monoisotopic (exact) mass is 298 g/mol. The van der Waals surface area contributed by atoms with Crippen molar-refractivity contribution in [1.82, 2.24) is 10.2 Å². The van der Waals surface area contributed by atoms with E-state index < -0.39 is 0 Å². The average molecular weight is 299 g/mol. The first kappa shape index (κ1) is 16.8. The summed E-state index contributed by atoms with van der Waals surface area (Å²) in [5.74, 6) is 0.130. The van der Waals surface area contributed by atoms with Gasteiger partial charge in [-0.05, 0) is 44.6 Å². The molecule has 1 rings (SSSR count). The molecule has 0 bridgehead atoms. The van der Waals surface area contributed by atoms with Gasteiger partial charge in [0.05, 0.1) is 5.56 Å². The van der Waals surface area contributed by atoms with Gasteiger partial charge in [0.15, 0.2) is 0 Å². The SMILES string of the molecule is CC(C)CC(CN(C)C)NC(=O)c1cc(Cl)ccc1O. The number of carbonyl (C=O) groups is 1. The average Bonchev–Trinajstić information content (AvgIpc) is 2.30. The summed E-state index contributed by atoms with van der Waals surface area (Å²) in [6.45, 7) is 4.99. The van der Waals surface area contributed by atoms with Crippen LogP contribution in [0.5, 0.6) is 5.75 Å². The van der Waals surface area contributed by atoms with Crippen LogP contribution in [0.4, 0.5) is 0 Å².